The molecule has 33 heteroatoms. The molecule has 1 aromatic carbocycles. The highest BCUT2D eigenvalue weighted by atomic mass is 32.2. The van der Waals surface area contributed by atoms with Crippen molar-refractivity contribution in [1.82, 2.24) is 42.5 Å². The third-order valence-electron chi connectivity index (χ3n) is 10.3. The first-order valence-electron chi connectivity index (χ1n) is 23.0. The molecule has 9 amide bonds. The predicted octanol–water partition coefficient (Wildman–Crippen LogP) is -4.23. The Morgan fingerprint density at radius 3 is 1.49 bits per heavy atom. The summed E-state index contributed by atoms with van der Waals surface area (Å²) in [6.07, 6.45) is -5.09. The molecule has 1 aromatic rings. The van der Waals surface area contributed by atoms with Crippen molar-refractivity contribution in [3.63, 3.8) is 0 Å². The Kier molecular flexibility index (Phi) is 32.2. The smallest absolute Gasteiger partial charge is 0.490 e. The minimum absolute atomic E-state index is 0.00119. The van der Waals surface area contributed by atoms with Crippen molar-refractivity contribution in [2.24, 2.45) is 17.4 Å². The minimum Gasteiger partial charge on any atom is -0.508 e. The molecule has 0 aliphatic rings. The van der Waals surface area contributed by atoms with Crippen LogP contribution < -0.4 is 54.0 Å². The van der Waals surface area contributed by atoms with Gasteiger partial charge in [-0.15, -0.1) is 0 Å². The lowest BCUT2D eigenvalue weighted by atomic mass is 10.0. The van der Waals surface area contributed by atoms with E-state index in [9.17, 15) is 91.4 Å². The molecule has 0 fully saturated rings. The third-order valence-corrected chi connectivity index (χ3v) is 11.6. The van der Waals surface area contributed by atoms with Crippen molar-refractivity contribution in [3.05, 3.63) is 29.8 Å². The summed E-state index contributed by atoms with van der Waals surface area (Å²) in [5.74, 6) is -14.7. The molecule has 9 unspecified atom stereocenters. The quantitative estimate of drug-likeness (QED) is 0.0317. The zero-order chi connectivity index (χ0) is 59.3. The number of halogens is 3. The number of aromatic hydroxyl groups is 1. The van der Waals surface area contributed by atoms with Crippen molar-refractivity contribution in [3.8, 4) is 5.75 Å². The molecule has 0 radical (unpaired) electrons. The standard InChI is InChI=1S/C42H66N10O16S2.C2HF3O2/c1-20(2)33(42(67)68)52-39(64)25(10-11-30(44)56)47-40(65)29(19-53)50-38(63)27(13-15-70-5)48-41(66)34(21(3)54)51-31(57)18-45-36(61)28(17-32(58)59)49-37(62)26(12-14-69-4)46-35(60)24(43)16-22-6-8-23(55)9-7-22;3-2(4,5)1(6)7/h6-9,20-21,24-29,33-34,53-55H,10-19,43H2,1-5H3,(H2,44,56)(H,45,61)(H,46,60)(H,47,65)(H,48,66)(H,49,62)(H,50,63)(H,51,57)(H,52,64)(H,58,59)(H,67,68);(H,6,7). The van der Waals surface area contributed by atoms with Gasteiger partial charge in [0.2, 0.25) is 53.2 Å². The van der Waals surface area contributed by atoms with Crippen LogP contribution in [-0.4, -0.2) is 199 Å². The van der Waals surface area contributed by atoms with Crippen LogP contribution in [0.1, 0.15) is 58.4 Å². The second-order valence-corrected chi connectivity index (χ2v) is 19.0. The van der Waals surface area contributed by atoms with Gasteiger partial charge < -0.3 is 84.6 Å². The Hall–Kier alpha value is -6.97. The summed E-state index contributed by atoms with van der Waals surface area (Å²) < 4.78 is 31.7. The molecule has 0 spiro atoms. The molecule has 0 heterocycles. The Morgan fingerprint density at radius 2 is 1.06 bits per heavy atom. The summed E-state index contributed by atoms with van der Waals surface area (Å²) in [6, 6.07) is -6.22. The van der Waals surface area contributed by atoms with Gasteiger partial charge in [-0.3, -0.25) is 47.9 Å². The Balaban J connectivity index is 0.00000767. The maximum Gasteiger partial charge on any atom is 0.490 e. The molecule has 0 saturated heterocycles. The van der Waals surface area contributed by atoms with Crippen LogP contribution in [-0.2, 0) is 64.0 Å². The largest absolute Gasteiger partial charge is 0.508 e. The topological polar surface area (TPSA) is 474 Å². The zero-order valence-corrected chi connectivity index (χ0v) is 44.0. The van der Waals surface area contributed by atoms with E-state index in [1.54, 1.807) is 24.6 Å². The number of primary amides is 1. The number of phenols is 1. The molecule has 0 saturated carbocycles. The molecular formula is C44H67F3N10O18S2. The van der Waals surface area contributed by atoms with Gasteiger partial charge >= 0.3 is 24.1 Å². The fourth-order valence-corrected chi connectivity index (χ4v) is 7.11. The van der Waals surface area contributed by atoms with Crippen molar-refractivity contribution in [2.45, 2.75) is 120 Å². The van der Waals surface area contributed by atoms with E-state index in [4.69, 9.17) is 21.4 Å². The number of hydrogen-bond donors (Lipinski definition) is 16. The Labute approximate surface area is 447 Å². The van der Waals surface area contributed by atoms with Crippen LogP contribution in [0.3, 0.4) is 0 Å². The molecule has 1 rings (SSSR count). The maximum absolute atomic E-state index is 13.5. The van der Waals surface area contributed by atoms with Gasteiger partial charge in [-0.1, -0.05) is 26.0 Å². The van der Waals surface area contributed by atoms with Crippen LogP contribution in [0.4, 0.5) is 13.2 Å². The monoisotopic (exact) mass is 1140 g/mol. The number of nitrogens with one attached hydrogen (secondary N) is 8. The van der Waals surface area contributed by atoms with Gasteiger partial charge in [-0.25, -0.2) is 9.59 Å². The van der Waals surface area contributed by atoms with Gasteiger partial charge in [0.25, 0.3) is 0 Å². The molecule has 77 heavy (non-hydrogen) atoms. The predicted molar refractivity (Wildman–Crippen MR) is 268 cm³/mol. The van der Waals surface area contributed by atoms with E-state index in [0.29, 0.717) is 11.3 Å². The highest BCUT2D eigenvalue weighted by Gasteiger charge is 2.39. The number of aliphatic carboxylic acids is 3. The van der Waals surface area contributed by atoms with Gasteiger partial charge in [0.05, 0.1) is 31.7 Å². The summed E-state index contributed by atoms with van der Waals surface area (Å²) in [5, 5.41) is 74.5. The van der Waals surface area contributed by atoms with E-state index in [1.807, 2.05) is 0 Å². The van der Waals surface area contributed by atoms with Crippen molar-refractivity contribution >= 4 is 94.6 Å². The number of carbonyl (C=O) groups is 12. The lowest BCUT2D eigenvalue weighted by Crippen LogP contribution is -2.61. The number of carboxylic acid groups (broad SMARTS) is 3. The van der Waals surface area contributed by atoms with Crippen molar-refractivity contribution in [2.75, 3.05) is 37.2 Å². The number of phenolic OH excluding ortho intramolecular Hbond substituents is 1. The van der Waals surface area contributed by atoms with Crippen LogP contribution in [0, 0.1) is 5.92 Å². The van der Waals surface area contributed by atoms with Gasteiger partial charge in [-0.2, -0.15) is 36.7 Å². The van der Waals surface area contributed by atoms with E-state index in [2.05, 4.69) is 42.5 Å². The number of aliphatic hydroxyl groups excluding tert-OH is 2. The van der Waals surface area contributed by atoms with Crippen LogP contribution in [0.2, 0.25) is 0 Å². The molecule has 0 bridgehead atoms. The first-order valence-corrected chi connectivity index (χ1v) is 25.8. The van der Waals surface area contributed by atoms with Crippen LogP contribution in [0.5, 0.6) is 5.75 Å². The molecule has 28 nitrogen and oxygen atoms in total. The fraction of sp³-hybridized carbons (Fsp3) is 0.591. The van der Waals surface area contributed by atoms with Crippen LogP contribution in [0.25, 0.3) is 0 Å². The number of rotatable bonds is 33. The number of amides is 9. The number of carboxylic acids is 3. The second kappa shape index (κ2) is 35.4. The second-order valence-electron chi connectivity index (χ2n) is 17.0. The summed E-state index contributed by atoms with van der Waals surface area (Å²) in [7, 11) is 0. The van der Waals surface area contributed by atoms with Crippen molar-refractivity contribution in [1.29, 1.82) is 0 Å². The highest BCUT2D eigenvalue weighted by molar-refractivity contribution is 7.98. The van der Waals surface area contributed by atoms with E-state index < -0.39 is 164 Å². The van der Waals surface area contributed by atoms with Crippen molar-refractivity contribution < 1.29 is 101 Å². The molecule has 18 N–H and O–H groups in total. The average Bonchev–Trinajstić information content (AvgIpc) is 3.33. The van der Waals surface area contributed by atoms with Crippen LogP contribution in [0.15, 0.2) is 24.3 Å². The number of alkyl halides is 3. The first-order chi connectivity index (χ1) is 35.8. The van der Waals surface area contributed by atoms with Crippen LogP contribution >= 0.6 is 23.5 Å². The fourth-order valence-electron chi connectivity index (χ4n) is 6.17. The van der Waals surface area contributed by atoms with E-state index >= 15 is 0 Å². The number of carbonyl (C=O) groups excluding carboxylic acids is 9. The lowest BCUT2D eigenvalue weighted by Gasteiger charge is -2.27. The summed E-state index contributed by atoms with van der Waals surface area (Å²) in [4.78, 5) is 150. The molecule has 0 aliphatic carbocycles. The molecule has 434 valence electrons. The number of hydrogen-bond acceptors (Lipinski definition) is 18. The molecule has 0 aliphatic heterocycles. The summed E-state index contributed by atoms with van der Waals surface area (Å²) in [6.45, 7) is 2.18. The zero-order valence-electron chi connectivity index (χ0n) is 42.3. The highest BCUT2D eigenvalue weighted by Crippen LogP contribution is 2.14. The molecular weight excluding hydrogens is 1080 g/mol. The van der Waals surface area contributed by atoms with Gasteiger partial charge in [0.15, 0.2) is 0 Å². The number of benzene rings is 1. The molecule has 0 aromatic heterocycles. The number of nitrogens with two attached hydrogens (primary N) is 2. The Morgan fingerprint density at radius 1 is 0.623 bits per heavy atom. The summed E-state index contributed by atoms with van der Waals surface area (Å²) >= 11 is 2.58. The van der Waals surface area contributed by atoms with E-state index in [-0.39, 0.29) is 37.2 Å². The van der Waals surface area contributed by atoms with E-state index in [1.165, 1.54) is 49.5 Å². The van der Waals surface area contributed by atoms with Gasteiger partial charge in [0.1, 0.15) is 48.0 Å². The molecule has 9 atom stereocenters. The minimum atomic E-state index is -5.08. The van der Waals surface area contributed by atoms with Gasteiger partial charge in [-0.05, 0) is 80.2 Å². The number of thioether (sulfide) groups is 2. The van der Waals surface area contributed by atoms with E-state index in [0.717, 1.165) is 6.92 Å². The maximum atomic E-state index is 13.5. The lowest BCUT2D eigenvalue weighted by molar-refractivity contribution is -0.192. The average molecular weight is 1150 g/mol. The third kappa shape index (κ3) is 28.1. The Bertz CT molecular complexity index is 2200. The SMILES string of the molecule is CSCCC(NC(=O)C(N)Cc1ccc(O)cc1)C(=O)NC(CC(=O)O)C(=O)NCC(=O)NC(C(=O)NC(CCSC)C(=O)NC(CO)C(=O)NC(CCC(N)=O)C(=O)NC(C(=O)O)C(C)C)C(C)O.O=C(O)C(F)(F)F. The summed E-state index contributed by atoms with van der Waals surface area (Å²) in [5.41, 5.74) is 11.9. The normalized spacial score (nSPS) is 14.5. The van der Waals surface area contributed by atoms with Gasteiger partial charge in [0, 0.05) is 6.42 Å². The first kappa shape index (κ1) is 70.0. The number of aliphatic hydroxyl groups is 2.